The molecule has 0 spiro atoms. The fraction of sp³-hybridized carbons (Fsp3) is 0.750. The lowest BCUT2D eigenvalue weighted by Crippen LogP contribution is -2.41. The summed E-state index contributed by atoms with van der Waals surface area (Å²) in [6, 6.07) is 0. The van der Waals surface area contributed by atoms with Gasteiger partial charge in [0, 0.05) is 12.0 Å². The normalized spacial score (nSPS) is 18.0. The van der Waals surface area contributed by atoms with Crippen LogP contribution in [0.25, 0.3) is 0 Å². The van der Waals surface area contributed by atoms with Gasteiger partial charge in [0.05, 0.1) is 19.7 Å². The van der Waals surface area contributed by atoms with Crippen molar-refractivity contribution in [1.29, 1.82) is 0 Å². The summed E-state index contributed by atoms with van der Waals surface area (Å²) in [6.07, 6.45) is 9.35. The van der Waals surface area contributed by atoms with E-state index in [0.29, 0.717) is 13.1 Å². The number of terminal acetylenes is 1. The van der Waals surface area contributed by atoms with Crippen molar-refractivity contribution in [3.63, 3.8) is 0 Å². The van der Waals surface area contributed by atoms with Gasteiger partial charge in [-0.3, -0.25) is 10.1 Å². The minimum absolute atomic E-state index is 0.0602. The molecule has 0 aromatic rings. The first-order valence-corrected chi connectivity index (χ1v) is 5.74. The molecule has 1 amide bonds. The Bertz CT molecular complexity index is 265. The van der Waals surface area contributed by atoms with E-state index in [1.807, 2.05) is 0 Å². The van der Waals surface area contributed by atoms with Crippen molar-refractivity contribution in [1.82, 2.24) is 10.6 Å². The maximum absolute atomic E-state index is 11.4. The second-order valence-corrected chi connectivity index (χ2v) is 4.45. The van der Waals surface area contributed by atoms with Crippen LogP contribution >= 0.6 is 0 Å². The third-order valence-corrected chi connectivity index (χ3v) is 3.17. The van der Waals surface area contributed by atoms with Crippen LogP contribution in [0.5, 0.6) is 0 Å². The van der Waals surface area contributed by atoms with Crippen LogP contribution in [-0.2, 0) is 4.79 Å². The first-order valence-electron chi connectivity index (χ1n) is 5.74. The fourth-order valence-electron chi connectivity index (χ4n) is 2.11. The summed E-state index contributed by atoms with van der Waals surface area (Å²) in [7, 11) is 0. The number of hydrogen-bond donors (Lipinski definition) is 3. The summed E-state index contributed by atoms with van der Waals surface area (Å²) in [5.74, 6) is 2.35. The minimum atomic E-state index is -0.0816. The number of carbonyl (C=O) groups is 1. The molecule has 0 aliphatic heterocycles. The summed E-state index contributed by atoms with van der Waals surface area (Å²) < 4.78 is 0. The van der Waals surface area contributed by atoms with Crippen molar-refractivity contribution in [2.24, 2.45) is 5.41 Å². The van der Waals surface area contributed by atoms with E-state index in [4.69, 9.17) is 6.42 Å². The highest BCUT2D eigenvalue weighted by Gasteiger charge is 2.33. The molecule has 4 heteroatoms. The number of hydrogen-bond acceptors (Lipinski definition) is 3. The third-order valence-electron chi connectivity index (χ3n) is 3.17. The van der Waals surface area contributed by atoms with E-state index in [0.717, 1.165) is 25.7 Å². The molecule has 0 aromatic heterocycles. The Kier molecular flexibility index (Phi) is 5.30. The Morgan fingerprint density at radius 2 is 2.12 bits per heavy atom. The predicted octanol–water partition coefficient (Wildman–Crippen LogP) is -0.122. The number of rotatable bonds is 6. The number of aliphatic hydroxyl groups excluding tert-OH is 1. The largest absolute Gasteiger partial charge is 0.396 e. The van der Waals surface area contributed by atoms with Crippen molar-refractivity contribution in [2.45, 2.75) is 25.7 Å². The molecule has 0 radical (unpaired) electrons. The summed E-state index contributed by atoms with van der Waals surface area (Å²) in [5, 5.41) is 15.0. The summed E-state index contributed by atoms with van der Waals surface area (Å²) >= 11 is 0. The molecular weight excluding hydrogens is 204 g/mol. The second kappa shape index (κ2) is 6.51. The van der Waals surface area contributed by atoms with Gasteiger partial charge in [-0.15, -0.1) is 6.42 Å². The zero-order valence-corrected chi connectivity index (χ0v) is 9.59. The maximum Gasteiger partial charge on any atom is 0.234 e. The molecular formula is C12H20N2O2. The highest BCUT2D eigenvalue weighted by atomic mass is 16.3. The standard InChI is InChI=1S/C12H20N2O2/c1-2-7-13-8-11(16)14-9-12(10-15)5-3-4-6-12/h1,13,15H,3-10H2,(H,14,16). The Morgan fingerprint density at radius 1 is 1.44 bits per heavy atom. The Hall–Kier alpha value is -1.05. The van der Waals surface area contributed by atoms with Crippen LogP contribution in [0.1, 0.15) is 25.7 Å². The topological polar surface area (TPSA) is 61.4 Å². The molecule has 0 unspecified atom stereocenters. The van der Waals surface area contributed by atoms with Crippen LogP contribution in [0, 0.1) is 17.8 Å². The van der Waals surface area contributed by atoms with Crippen LogP contribution in [0.3, 0.4) is 0 Å². The SMILES string of the molecule is C#CCNCC(=O)NCC1(CO)CCCC1. The van der Waals surface area contributed by atoms with Gasteiger partial charge in [-0.1, -0.05) is 18.8 Å². The number of carbonyl (C=O) groups excluding carboxylic acids is 1. The molecule has 0 bridgehead atoms. The van der Waals surface area contributed by atoms with Gasteiger partial charge < -0.3 is 10.4 Å². The van der Waals surface area contributed by atoms with Crippen molar-refractivity contribution in [3.05, 3.63) is 0 Å². The molecule has 0 atom stereocenters. The lowest BCUT2D eigenvalue weighted by atomic mass is 9.87. The zero-order chi connectivity index (χ0) is 11.9. The van der Waals surface area contributed by atoms with E-state index in [2.05, 4.69) is 16.6 Å². The van der Waals surface area contributed by atoms with Gasteiger partial charge in [-0.2, -0.15) is 0 Å². The number of nitrogens with one attached hydrogen (secondary N) is 2. The van der Waals surface area contributed by atoms with Crippen molar-refractivity contribution in [2.75, 3.05) is 26.2 Å². The Morgan fingerprint density at radius 3 is 2.69 bits per heavy atom. The molecule has 0 saturated heterocycles. The average molecular weight is 224 g/mol. The van der Waals surface area contributed by atoms with Crippen molar-refractivity contribution >= 4 is 5.91 Å². The van der Waals surface area contributed by atoms with Crippen LogP contribution in [0.2, 0.25) is 0 Å². The highest BCUT2D eigenvalue weighted by molar-refractivity contribution is 5.78. The van der Waals surface area contributed by atoms with Gasteiger partial charge >= 0.3 is 0 Å². The van der Waals surface area contributed by atoms with Gasteiger partial charge in [0.2, 0.25) is 5.91 Å². The molecule has 4 nitrogen and oxygen atoms in total. The van der Waals surface area contributed by atoms with Crippen LogP contribution in [0.15, 0.2) is 0 Å². The predicted molar refractivity (Wildman–Crippen MR) is 62.7 cm³/mol. The first-order chi connectivity index (χ1) is 7.72. The third kappa shape index (κ3) is 3.84. The molecule has 1 rings (SSSR count). The van der Waals surface area contributed by atoms with E-state index in [1.54, 1.807) is 0 Å². The molecule has 16 heavy (non-hydrogen) atoms. The monoisotopic (exact) mass is 224 g/mol. The quantitative estimate of drug-likeness (QED) is 0.435. The minimum Gasteiger partial charge on any atom is -0.396 e. The van der Waals surface area contributed by atoms with Gasteiger partial charge in [-0.25, -0.2) is 0 Å². The van der Waals surface area contributed by atoms with E-state index in [-0.39, 0.29) is 24.5 Å². The van der Waals surface area contributed by atoms with Crippen LogP contribution in [0.4, 0.5) is 0 Å². The van der Waals surface area contributed by atoms with Gasteiger partial charge in [0.15, 0.2) is 0 Å². The molecule has 3 N–H and O–H groups in total. The first kappa shape index (κ1) is 13.0. The number of aliphatic hydroxyl groups is 1. The zero-order valence-electron chi connectivity index (χ0n) is 9.59. The maximum atomic E-state index is 11.4. The van der Waals surface area contributed by atoms with Gasteiger partial charge in [0.25, 0.3) is 0 Å². The van der Waals surface area contributed by atoms with E-state index < -0.39 is 0 Å². The Balaban J connectivity index is 2.22. The molecule has 1 fully saturated rings. The lowest BCUT2D eigenvalue weighted by Gasteiger charge is -2.26. The van der Waals surface area contributed by atoms with E-state index in [1.165, 1.54) is 0 Å². The van der Waals surface area contributed by atoms with Crippen LogP contribution in [-0.4, -0.2) is 37.3 Å². The molecule has 0 aromatic carbocycles. The second-order valence-electron chi connectivity index (χ2n) is 4.45. The molecule has 1 aliphatic carbocycles. The molecule has 90 valence electrons. The summed E-state index contributed by atoms with van der Waals surface area (Å²) in [4.78, 5) is 11.4. The van der Waals surface area contributed by atoms with Crippen molar-refractivity contribution in [3.8, 4) is 12.3 Å². The highest BCUT2D eigenvalue weighted by Crippen LogP contribution is 2.36. The van der Waals surface area contributed by atoms with Gasteiger partial charge in [0.1, 0.15) is 0 Å². The average Bonchev–Trinajstić information content (AvgIpc) is 2.76. The van der Waals surface area contributed by atoms with Crippen LogP contribution < -0.4 is 10.6 Å². The van der Waals surface area contributed by atoms with Crippen molar-refractivity contribution < 1.29 is 9.90 Å². The molecule has 1 saturated carbocycles. The Labute approximate surface area is 96.8 Å². The molecule has 1 aliphatic rings. The van der Waals surface area contributed by atoms with Gasteiger partial charge in [-0.05, 0) is 12.8 Å². The number of amides is 1. The summed E-state index contributed by atoms with van der Waals surface area (Å²) in [5.41, 5.74) is -0.0816. The van der Waals surface area contributed by atoms with E-state index in [9.17, 15) is 9.90 Å². The lowest BCUT2D eigenvalue weighted by molar-refractivity contribution is -0.120. The molecule has 0 heterocycles. The summed E-state index contributed by atoms with van der Waals surface area (Å²) in [6.45, 7) is 1.37. The fourth-order valence-corrected chi connectivity index (χ4v) is 2.11. The van der Waals surface area contributed by atoms with E-state index >= 15 is 0 Å². The smallest absolute Gasteiger partial charge is 0.234 e.